The van der Waals surface area contributed by atoms with E-state index in [2.05, 4.69) is 37.3 Å². The first kappa shape index (κ1) is 26.4. The molecule has 0 aliphatic carbocycles. The number of nitrogens with one attached hydrogen (secondary N) is 2. The van der Waals surface area contributed by atoms with Crippen molar-refractivity contribution in [1.29, 1.82) is 0 Å². The molecule has 2 N–H and O–H groups in total. The zero-order valence-electron chi connectivity index (χ0n) is 20.0. The van der Waals surface area contributed by atoms with Crippen LogP contribution in [-0.2, 0) is 6.54 Å². The van der Waals surface area contributed by atoms with E-state index in [9.17, 15) is 0 Å². The lowest BCUT2D eigenvalue weighted by atomic mass is 9.97. The Kier molecular flexibility index (Phi) is 11.6. The van der Waals surface area contributed by atoms with E-state index in [4.69, 9.17) is 4.42 Å². The molecule has 0 radical (unpaired) electrons. The molecule has 1 aromatic rings. The predicted octanol–water partition coefficient (Wildman–Crippen LogP) is 3.55. The first-order chi connectivity index (χ1) is 14.5. The zero-order valence-corrected chi connectivity index (χ0v) is 22.3. The van der Waals surface area contributed by atoms with Crippen molar-refractivity contribution in [2.24, 2.45) is 10.9 Å². The summed E-state index contributed by atoms with van der Waals surface area (Å²) in [6.07, 6.45) is 7.68. The highest BCUT2D eigenvalue weighted by molar-refractivity contribution is 14.0. The van der Waals surface area contributed by atoms with Crippen molar-refractivity contribution in [2.75, 3.05) is 46.3 Å². The second-order valence-corrected chi connectivity index (χ2v) is 9.08. The van der Waals surface area contributed by atoms with Crippen LogP contribution in [0.4, 0.5) is 0 Å². The summed E-state index contributed by atoms with van der Waals surface area (Å²) in [5.74, 6) is 3.43. The van der Waals surface area contributed by atoms with Crippen molar-refractivity contribution in [1.82, 2.24) is 25.4 Å². The molecule has 2 aliphatic rings. The van der Waals surface area contributed by atoms with Crippen LogP contribution in [0.1, 0.15) is 62.8 Å². The molecule has 3 rings (SSSR count). The number of nitrogens with zero attached hydrogens (tertiary/aromatic N) is 4. The van der Waals surface area contributed by atoms with Crippen molar-refractivity contribution in [2.45, 2.75) is 71.9 Å². The molecule has 0 aromatic carbocycles. The highest BCUT2D eigenvalue weighted by Crippen LogP contribution is 2.19. The number of halogens is 1. The standard InChI is InChI=1S/C23H42N6O.HI/c1-18-8-5-6-12-29(18)13-7-11-25-23(24-4)26-16-21-9-14-28(15-10-21)17-22-27-19(2)20(3)30-22;/h18,21H,5-17H2,1-4H3,(H2,24,25,26);1H. The van der Waals surface area contributed by atoms with Gasteiger partial charge in [-0.3, -0.25) is 9.89 Å². The van der Waals surface area contributed by atoms with Gasteiger partial charge in [0, 0.05) is 32.7 Å². The molecule has 2 aliphatic heterocycles. The van der Waals surface area contributed by atoms with E-state index >= 15 is 0 Å². The number of likely N-dealkylation sites (tertiary alicyclic amines) is 2. The van der Waals surface area contributed by atoms with Gasteiger partial charge >= 0.3 is 0 Å². The van der Waals surface area contributed by atoms with Crippen LogP contribution in [-0.4, -0.2) is 73.1 Å². The van der Waals surface area contributed by atoms with Crippen molar-refractivity contribution >= 4 is 29.9 Å². The fraction of sp³-hybridized carbons (Fsp3) is 0.826. The van der Waals surface area contributed by atoms with E-state index in [1.165, 1.54) is 51.6 Å². The lowest BCUT2D eigenvalue weighted by Gasteiger charge is -2.33. The maximum Gasteiger partial charge on any atom is 0.208 e. The second-order valence-electron chi connectivity index (χ2n) is 9.08. The average molecular weight is 547 g/mol. The average Bonchev–Trinajstić information content (AvgIpc) is 3.06. The SMILES string of the molecule is CN=C(NCCCN1CCCCC1C)NCC1CCN(Cc2nc(C)c(C)o2)CC1.I. The Balaban J connectivity index is 0.00000341. The van der Waals surface area contributed by atoms with Gasteiger partial charge in [0.05, 0.1) is 12.2 Å². The Morgan fingerprint density at radius 3 is 2.55 bits per heavy atom. The van der Waals surface area contributed by atoms with E-state index in [-0.39, 0.29) is 24.0 Å². The monoisotopic (exact) mass is 546 g/mol. The molecule has 1 unspecified atom stereocenters. The number of aliphatic imine (C=N–C) groups is 1. The van der Waals surface area contributed by atoms with Crippen LogP contribution in [0.5, 0.6) is 0 Å². The number of rotatable bonds is 8. The largest absolute Gasteiger partial charge is 0.444 e. The molecule has 1 atom stereocenters. The molecule has 178 valence electrons. The number of hydrogen-bond donors (Lipinski definition) is 2. The molecule has 3 heterocycles. The molecule has 0 spiro atoms. The maximum atomic E-state index is 5.74. The van der Waals surface area contributed by atoms with Crippen LogP contribution in [0.25, 0.3) is 0 Å². The van der Waals surface area contributed by atoms with Gasteiger partial charge in [-0.05, 0) is 78.4 Å². The molecule has 2 fully saturated rings. The van der Waals surface area contributed by atoms with Crippen LogP contribution < -0.4 is 10.6 Å². The molecule has 0 saturated carbocycles. The third kappa shape index (κ3) is 8.53. The highest BCUT2D eigenvalue weighted by Gasteiger charge is 2.21. The van der Waals surface area contributed by atoms with Crippen molar-refractivity contribution in [3.63, 3.8) is 0 Å². The molecular formula is C23H43IN6O. The van der Waals surface area contributed by atoms with E-state index in [0.29, 0.717) is 5.92 Å². The number of oxazole rings is 1. The van der Waals surface area contributed by atoms with Gasteiger partial charge in [-0.2, -0.15) is 0 Å². The van der Waals surface area contributed by atoms with Gasteiger partial charge in [0.2, 0.25) is 5.89 Å². The molecule has 7 nitrogen and oxygen atoms in total. The Hall–Kier alpha value is -0.870. The van der Waals surface area contributed by atoms with Crippen LogP contribution in [0.15, 0.2) is 9.41 Å². The van der Waals surface area contributed by atoms with Gasteiger partial charge in [0.1, 0.15) is 5.76 Å². The summed E-state index contributed by atoms with van der Waals surface area (Å²) in [7, 11) is 1.87. The number of aromatic nitrogens is 1. The minimum absolute atomic E-state index is 0. The minimum atomic E-state index is 0. The van der Waals surface area contributed by atoms with Crippen LogP contribution >= 0.6 is 24.0 Å². The zero-order chi connectivity index (χ0) is 21.3. The van der Waals surface area contributed by atoms with Gasteiger partial charge in [-0.25, -0.2) is 4.98 Å². The number of piperidine rings is 2. The molecule has 0 bridgehead atoms. The quantitative estimate of drug-likeness (QED) is 0.225. The predicted molar refractivity (Wildman–Crippen MR) is 138 cm³/mol. The van der Waals surface area contributed by atoms with E-state index in [1.54, 1.807) is 0 Å². The van der Waals surface area contributed by atoms with Crippen LogP contribution in [0.2, 0.25) is 0 Å². The van der Waals surface area contributed by atoms with Gasteiger partial charge in [0.15, 0.2) is 5.96 Å². The summed E-state index contributed by atoms with van der Waals surface area (Å²) in [5.41, 5.74) is 1.01. The Labute approximate surface area is 205 Å². The van der Waals surface area contributed by atoms with Gasteiger partial charge in [-0.1, -0.05) is 6.42 Å². The van der Waals surface area contributed by atoms with Gasteiger partial charge in [-0.15, -0.1) is 24.0 Å². The lowest BCUT2D eigenvalue weighted by molar-refractivity contribution is 0.159. The number of guanidine groups is 1. The molecule has 31 heavy (non-hydrogen) atoms. The third-order valence-electron chi connectivity index (χ3n) is 6.78. The fourth-order valence-electron chi connectivity index (χ4n) is 4.59. The summed E-state index contributed by atoms with van der Waals surface area (Å²) in [6.45, 7) is 13.8. The summed E-state index contributed by atoms with van der Waals surface area (Å²) >= 11 is 0. The third-order valence-corrected chi connectivity index (χ3v) is 6.78. The summed E-state index contributed by atoms with van der Waals surface area (Å²) in [5, 5.41) is 7.03. The van der Waals surface area contributed by atoms with Gasteiger partial charge in [0.25, 0.3) is 0 Å². The normalized spacial score (nSPS) is 21.7. The Morgan fingerprint density at radius 2 is 1.90 bits per heavy atom. The molecule has 1 aromatic heterocycles. The minimum Gasteiger partial charge on any atom is -0.444 e. The number of hydrogen-bond acceptors (Lipinski definition) is 5. The first-order valence-corrected chi connectivity index (χ1v) is 11.9. The number of aryl methyl sites for hydroxylation is 2. The van der Waals surface area contributed by atoms with Crippen LogP contribution in [0, 0.1) is 19.8 Å². The van der Waals surface area contributed by atoms with Crippen molar-refractivity contribution in [3.8, 4) is 0 Å². The first-order valence-electron chi connectivity index (χ1n) is 11.9. The molecule has 0 amide bonds. The topological polar surface area (TPSA) is 68.9 Å². The van der Waals surface area contributed by atoms with E-state index in [1.807, 2.05) is 20.9 Å². The van der Waals surface area contributed by atoms with E-state index in [0.717, 1.165) is 62.1 Å². The lowest BCUT2D eigenvalue weighted by Crippen LogP contribution is -2.44. The second kappa shape index (κ2) is 13.6. The van der Waals surface area contributed by atoms with Crippen molar-refractivity contribution in [3.05, 3.63) is 17.3 Å². The highest BCUT2D eigenvalue weighted by atomic mass is 127. The van der Waals surface area contributed by atoms with Gasteiger partial charge < -0.3 is 20.0 Å². The van der Waals surface area contributed by atoms with E-state index < -0.39 is 0 Å². The van der Waals surface area contributed by atoms with Crippen molar-refractivity contribution < 1.29 is 4.42 Å². The molecular weight excluding hydrogens is 503 g/mol. The Bertz CT molecular complexity index is 652. The fourth-order valence-corrected chi connectivity index (χ4v) is 4.59. The summed E-state index contributed by atoms with van der Waals surface area (Å²) in [6, 6.07) is 0.749. The maximum absolute atomic E-state index is 5.74. The van der Waals surface area contributed by atoms with Crippen LogP contribution in [0.3, 0.4) is 0 Å². The summed E-state index contributed by atoms with van der Waals surface area (Å²) in [4.78, 5) is 14.0. The summed E-state index contributed by atoms with van der Waals surface area (Å²) < 4.78 is 5.74. The smallest absolute Gasteiger partial charge is 0.208 e. The molecule has 2 saturated heterocycles. The Morgan fingerprint density at radius 1 is 1.13 bits per heavy atom. The molecule has 8 heteroatoms.